The van der Waals surface area contributed by atoms with Crippen LogP contribution in [-0.2, 0) is 93.9 Å². The molecule has 0 N–H and O–H groups in total. The van der Waals surface area contributed by atoms with Gasteiger partial charge in [-0.15, -0.1) is 0 Å². The molecule has 0 saturated carbocycles. The molecule has 11 heavy (non-hydrogen) atoms. The van der Waals surface area contributed by atoms with Crippen LogP contribution in [0.15, 0.2) is 0 Å². The molecule has 0 fully saturated rings. The van der Waals surface area contributed by atoms with Gasteiger partial charge in [-0.3, -0.25) is 0 Å². The van der Waals surface area contributed by atoms with Crippen molar-refractivity contribution in [2.24, 2.45) is 0 Å². The summed E-state index contributed by atoms with van der Waals surface area (Å²) in [5.74, 6) is 0. The maximum absolute atomic E-state index is 0. The average Bonchev–Trinajstić information content (AvgIpc) is 0. The molecule has 11 heteroatoms. The first-order valence-corrected chi connectivity index (χ1v) is 0. The van der Waals surface area contributed by atoms with Gasteiger partial charge in [0.25, 0.3) is 0 Å². The van der Waals surface area contributed by atoms with Crippen molar-refractivity contribution in [2.75, 3.05) is 0 Å². The summed E-state index contributed by atoms with van der Waals surface area (Å²) in [7, 11) is 0. The number of rotatable bonds is 0. The fraction of sp³-hybridized carbons (Fsp3) is 0. The van der Waals surface area contributed by atoms with Gasteiger partial charge in [-0.1, -0.05) is 0 Å². The quantitative estimate of drug-likeness (QED) is 0.390. The van der Waals surface area contributed by atoms with E-state index in [9.17, 15) is 0 Å². The molecule has 5 nitrogen and oxygen atoms in total. The van der Waals surface area contributed by atoms with Gasteiger partial charge in [-0.2, -0.15) is 0 Å². The Morgan fingerprint density at radius 3 is 0.364 bits per heavy atom. The Morgan fingerprint density at radius 2 is 0.364 bits per heavy atom. The van der Waals surface area contributed by atoms with E-state index in [4.69, 9.17) is 0 Å². The van der Waals surface area contributed by atoms with Crippen molar-refractivity contribution >= 4 is 0 Å². The molecule has 0 aromatic carbocycles. The van der Waals surface area contributed by atoms with E-state index in [1.54, 1.807) is 0 Å². The Balaban J connectivity index is 0. The fourth-order valence-corrected chi connectivity index (χ4v) is 0. The van der Waals surface area contributed by atoms with Crippen molar-refractivity contribution < 1.29 is 132 Å². The molecule has 2 radical (unpaired) electrons. The van der Waals surface area contributed by atoms with Crippen LogP contribution in [0.4, 0.5) is 0 Å². The molecule has 0 bridgehead atoms. The van der Waals surface area contributed by atoms with E-state index in [-0.39, 0.29) is 132 Å². The predicted octanol–water partition coefficient (Wildman–Crippen LogP) is -6.60. The van der Waals surface area contributed by atoms with E-state index < -0.39 is 0 Å². The first-order valence-electron chi connectivity index (χ1n) is 0. The molecule has 0 saturated heterocycles. The zero-order chi connectivity index (χ0) is 0. The minimum absolute atomic E-state index is 0. The summed E-state index contributed by atoms with van der Waals surface area (Å²) in [6.07, 6.45) is 0. The summed E-state index contributed by atoms with van der Waals surface area (Å²) in [6, 6.07) is 0. The number of hydrogen-bond acceptors (Lipinski definition) is 0. The summed E-state index contributed by atoms with van der Waals surface area (Å²) in [6.45, 7) is 0. The van der Waals surface area contributed by atoms with E-state index in [0.717, 1.165) is 0 Å². The molecule has 0 aromatic heterocycles. The molecule has 0 aromatic rings. The van der Waals surface area contributed by atoms with E-state index in [1.807, 2.05) is 0 Å². The molecule has 0 rings (SSSR count). The third-order valence-corrected chi connectivity index (χ3v) is 0. The summed E-state index contributed by atoms with van der Waals surface area (Å²) in [5, 5.41) is 0. The summed E-state index contributed by atoms with van der Waals surface area (Å²) in [5.41, 5.74) is 0. The van der Waals surface area contributed by atoms with Crippen molar-refractivity contribution in [1.82, 2.24) is 0 Å². The molecule has 0 spiro atoms. The molecule has 0 heterocycles. The first-order chi connectivity index (χ1) is 0. The second kappa shape index (κ2) is 208. The van der Waals surface area contributed by atoms with Crippen LogP contribution < -0.4 is 37.7 Å². The van der Waals surface area contributed by atoms with Gasteiger partial charge in [0.1, 0.15) is 0 Å². The van der Waals surface area contributed by atoms with Gasteiger partial charge >= 0.3 is 104 Å². The minimum Gasteiger partial charge on any atom is -2.00 e. The van der Waals surface area contributed by atoms with Gasteiger partial charge in [-0.05, 0) is 0 Å². The van der Waals surface area contributed by atoms with Gasteiger partial charge in [0.15, 0.2) is 0 Å². The molecule has 0 atom stereocenters. The van der Waals surface area contributed by atoms with Crippen molar-refractivity contribution in [3.8, 4) is 0 Å². The van der Waals surface area contributed by atoms with Gasteiger partial charge in [0.2, 0.25) is 0 Å². The molecule has 0 aliphatic heterocycles. The molecule has 0 amide bonds. The Kier molecular flexibility index (Phi) is 4990. The topological polar surface area (TPSA) is 142 Å². The second-order valence-corrected chi connectivity index (χ2v) is 0. The predicted molar refractivity (Wildman–Crippen MR) is 3.43 cm³/mol. The SMILES string of the molecule is [Co+2].[Co+2].[Li+].[Li+].[Ni+2].[Ni+2].[O-2].[O-2].[O-2].[O-2].[O-2]. The van der Waals surface area contributed by atoms with E-state index in [1.165, 1.54) is 0 Å². The molecule has 0 unspecified atom stereocenters. The monoisotopic (exact) mass is 328 g/mol. The van der Waals surface area contributed by atoms with Crippen molar-refractivity contribution in [1.29, 1.82) is 0 Å². The van der Waals surface area contributed by atoms with Gasteiger partial charge in [0.05, 0.1) is 0 Å². The van der Waals surface area contributed by atoms with E-state index in [0.29, 0.717) is 0 Å². The molecule has 0 aliphatic carbocycles. The average molecular weight is 329 g/mol. The Labute approximate surface area is 130 Å². The number of hydrogen-bond donors (Lipinski definition) is 0. The molecule has 0 aliphatic rings. The van der Waals surface area contributed by atoms with Gasteiger partial charge in [0, 0.05) is 0 Å². The Morgan fingerprint density at radius 1 is 0.364 bits per heavy atom. The van der Waals surface area contributed by atoms with Crippen LogP contribution in [0.1, 0.15) is 0 Å². The molecular weight excluding hydrogens is 329 g/mol. The van der Waals surface area contributed by atoms with Gasteiger partial charge in [-0.25, -0.2) is 0 Å². The third kappa shape index (κ3) is 175. The third-order valence-electron chi connectivity index (χ3n) is 0. The van der Waals surface area contributed by atoms with Crippen LogP contribution in [0.5, 0.6) is 0 Å². The summed E-state index contributed by atoms with van der Waals surface area (Å²) >= 11 is 0. The second-order valence-electron chi connectivity index (χ2n) is 0. The van der Waals surface area contributed by atoms with E-state index >= 15 is 0 Å². The molecule has 70 valence electrons. The van der Waals surface area contributed by atoms with Crippen LogP contribution in [0.25, 0.3) is 0 Å². The molecular formula is Co2Li2Ni2O5. The summed E-state index contributed by atoms with van der Waals surface area (Å²) in [4.78, 5) is 0. The van der Waals surface area contributed by atoms with Crippen LogP contribution in [-0.4, -0.2) is 0 Å². The summed E-state index contributed by atoms with van der Waals surface area (Å²) < 4.78 is 0. The smallest absolute Gasteiger partial charge is 2.00 e. The van der Waals surface area contributed by atoms with E-state index in [2.05, 4.69) is 0 Å². The fourth-order valence-electron chi connectivity index (χ4n) is 0. The van der Waals surface area contributed by atoms with Crippen LogP contribution in [0.3, 0.4) is 0 Å². The van der Waals surface area contributed by atoms with Crippen molar-refractivity contribution in [3.63, 3.8) is 0 Å². The Bertz CT molecular complexity index is 20.4. The van der Waals surface area contributed by atoms with Gasteiger partial charge < -0.3 is 27.4 Å². The largest absolute Gasteiger partial charge is 2.00 e. The van der Waals surface area contributed by atoms with Crippen LogP contribution in [0, 0.1) is 0 Å². The minimum atomic E-state index is 0. The normalized spacial score (nSPS) is 0. The van der Waals surface area contributed by atoms with Crippen LogP contribution in [0.2, 0.25) is 0 Å². The zero-order valence-corrected chi connectivity index (χ0v) is 9.40. The maximum atomic E-state index is 0. The van der Waals surface area contributed by atoms with Crippen molar-refractivity contribution in [2.45, 2.75) is 0 Å². The maximum Gasteiger partial charge on any atom is 2.00 e. The Hall–Kier alpha value is 2.99. The zero-order valence-electron chi connectivity index (χ0n) is 5.34. The van der Waals surface area contributed by atoms with Crippen LogP contribution >= 0.6 is 0 Å². The first kappa shape index (κ1) is 263. The van der Waals surface area contributed by atoms with Crippen molar-refractivity contribution in [3.05, 3.63) is 0 Å². The standard InChI is InChI=1S/2Co.2Li.2Ni.5O/q2*+2;2*+1;2*+2;5*-2.